The lowest BCUT2D eigenvalue weighted by atomic mass is 9.99. The zero-order valence-electron chi connectivity index (χ0n) is 9.13. The lowest BCUT2D eigenvalue weighted by molar-refractivity contribution is 0.619. The van der Waals surface area contributed by atoms with Crippen molar-refractivity contribution in [2.75, 3.05) is 0 Å². The Labute approximate surface area is 123 Å². The van der Waals surface area contributed by atoms with Crippen molar-refractivity contribution in [1.29, 1.82) is 0 Å². The highest BCUT2D eigenvalue weighted by Crippen LogP contribution is 2.33. The van der Waals surface area contributed by atoms with Gasteiger partial charge in [0.05, 0.1) is 10.5 Å². The van der Waals surface area contributed by atoms with Crippen LogP contribution in [0.5, 0.6) is 0 Å². The molecule has 0 aliphatic heterocycles. The molecule has 0 heterocycles. The largest absolute Gasteiger partial charge is 0.320 e. The number of halogens is 4. The van der Waals surface area contributed by atoms with E-state index in [1.165, 1.54) is 6.07 Å². The Kier molecular flexibility index (Phi) is 4.28. The number of hydrogen-bond acceptors (Lipinski definition) is 1. The van der Waals surface area contributed by atoms with E-state index in [-0.39, 0.29) is 5.82 Å². The van der Waals surface area contributed by atoms with Crippen LogP contribution in [0.4, 0.5) is 4.39 Å². The van der Waals surface area contributed by atoms with Gasteiger partial charge in [-0.2, -0.15) is 0 Å². The fraction of sp³-hybridized carbons (Fsp3) is 0.0769. The first kappa shape index (κ1) is 13.8. The van der Waals surface area contributed by atoms with Crippen molar-refractivity contribution in [3.8, 4) is 0 Å². The third-order valence-corrected chi connectivity index (χ3v) is 3.88. The van der Waals surface area contributed by atoms with Crippen LogP contribution >= 0.6 is 39.1 Å². The minimum atomic E-state index is -0.497. The van der Waals surface area contributed by atoms with Crippen molar-refractivity contribution in [3.05, 3.63) is 67.9 Å². The summed E-state index contributed by atoms with van der Waals surface area (Å²) in [4.78, 5) is 0. The van der Waals surface area contributed by atoms with E-state index in [9.17, 15) is 4.39 Å². The maximum absolute atomic E-state index is 13.2. The summed E-state index contributed by atoms with van der Waals surface area (Å²) < 4.78 is 13.5. The third kappa shape index (κ3) is 2.69. The topological polar surface area (TPSA) is 26.0 Å². The Morgan fingerprint density at radius 3 is 2.28 bits per heavy atom. The molecule has 5 heteroatoms. The van der Waals surface area contributed by atoms with Gasteiger partial charge >= 0.3 is 0 Å². The SMILES string of the molecule is NC(c1ccc(F)c(Br)c1)c1c(Cl)cccc1Cl. The normalized spacial score (nSPS) is 12.5. The highest BCUT2D eigenvalue weighted by molar-refractivity contribution is 9.10. The van der Waals surface area contributed by atoms with Crippen LogP contribution in [-0.2, 0) is 0 Å². The summed E-state index contributed by atoms with van der Waals surface area (Å²) in [6.45, 7) is 0. The molecule has 1 atom stereocenters. The zero-order valence-corrected chi connectivity index (χ0v) is 12.2. The van der Waals surface area contributed by atoms with Gasteiger partial charge in [-0.15, -0.1) is 0 Å². The molecule has 2 rings (SSSR count). The Balaban J connectivity index is 2.48. The zero-order chi connectivity index (χ0) is 13.3. The smallest absolute Gasteiger partial charge is 0.137 e. The lowest BCUT2D eigenvalue weighted by Gasteiger charge is -2.16. The third-order valence-electron chi connectivity index (χ3n) is 2.61. The molecule has 2 aromatic rings. The predicted octanol–water partition coefficient (Wildman–Crippen LogP) is 4.94. The number of rotatable bonds is 2. The number of benzene rings is 2. The Bertz CT molecular complexity index is 569. The van der Waals surface area contributed by atoms with E-state index < -0.39 is 6.04 Å². The van der Waals surface area contributed by atoms with Crippen molar-refractivity contribution < 1.29 is 4.39 Å². The molecule has 0 fully saturated rings. The molecule has 2 N–H and O–H groups in total. The molecule has 94 valence electrons. The molecular formula is C13H9BrCl2FN. The van der Waals surface area contributed by atoms with Gasteiger partial charge in [0.25, 0.3) is 0 Å². The molecule has 0 amide bonds. The van der Waals surface area contributed by atoms with E-state index in [1.807, 2.05) is 0 Å². The van der Waals surface area contributed by atoms with Crippen LogP contribution in [-0.4, -0.2) is 0 Å². The van der Waals surface area contributed by atoms with Gasteiger partial charge in [0.1, 0.15) is 5.82 Å². The molecule has 0 saturated heterocycles. The van der Waals surface area contributed by atoms with Gasteiger partial charge in [0, 0.05) is 15.6 Å². The first-order valence-electron chi connectivity index (χ1n) is 5.15. The Morgan fingerprint density at radius 2 is 1.72 bits per heavy atom. The summed E-state index contributed by atoms with van der Waals surface area (Å²) in [6.07, 6.45) is 0. The molecule has 0 bridgehead atoms. The Hall–Kier alpha value is -0.610. The van der Waals surface area contributed by atoms with Gasteiger partial charge in [-0.05, 0) is 45.8 Å². The standard InChI is InChI=1S/C13H9BrCl2FN/c14-8-6-7(4-5-11(8)17)13(18)12-9(15)2-1-3-10(12)16/h1-6,13H,18H2. The lowest BCUT2D eigenvalue weighted by Crippen LogP contribution is -2.13. The second-order valence-electron chi connectivity index (χ2n) is 3.79. The monoisotopic (exact) mass is 347 g/mol. The molecule has 0 aliphatic carbocycles. The van der Waals surface area contributed by atoms with E-state index in [0.29, 0.717) is 20.1 Å². The fourth-order valence-electron chi connectivity index (χ4n) is 1.68. The van der Waals surface area contributed by atoms with Gasteiger partial charge in [-0.3, -0.25) is 0 Å². The van der Waals surface area contributed by atoms with Gasteiger partial charge in [0.15, 0.2) is 0 Å². The van der Waals surface area contributed by atoms with Crippen LogP contribution in [0.3, 0.4) is 0 Å². The number of nitrogens with two attached hydrogens (primary N) is 1. The van der Waals surface area contributed by atoms with Gasteiger partial charge in [-0.1, -0.05) is 35.3 Å². The average molecular weight is 349 g/mol. The van der Waals surface area contributed by atoms with Crippen LogP contribution in [0, 0.1) is 5.82 Å². The fourth-order valence-corrected chi connectivity index (χ4v) is 2.71. The summed E-state index contributed by atoms with van der Waals surface area (Å²) in [7, 11) is 0. The van der Waals surface area contributed by atoms with E-state index in [0.717, 1.165) is 5.56 Å². The molecule has 0 aliphatic rings. The van der Waals surface area contributed by atoms with Gasteiger partial charge < -0.3 is 5.73 Å². The molecule has 0 radical (unpaired) electrons. The van der Waals surface area contributed by atoms with Crippen molar-refractivity contribution in [3.63, 3.8) is 0 Å². The van der Waals surface area contributed by atoms with Crippen LogP contribution in [0.1, 0.15) is 17.2 Å². The van der Waals surface area contributed by atoms with Crippen molar-refractivity contribution in [2.24, 2.45) is 5.73 Å². The maximum Gasteiger partial charge on any atom is 0.137 e. The summed E-state index contributed by atoms with van der Waals surface area (Å²) in [5, 5.41) is 0.992. The first-order valence-corrected chi connectivity index (χ1v) is 6.70. The minimum absolute atomic E-state index is 0.337. The van der Waals surface area contributed by atoms with E-state index in [2.05, 4.69) is 15.9 Å². The minimum Gasteiger partial charge on any atom is -0.320 e. The summed E-state index contributed by atoms with van der Waals surface area (Å²) >= 11 is 15.3. The molecule has 18 heavy (non-hydrogen) atoms. The maximum atomic E-state index is 13.2. The number of hydrogen-bond donors (Lipinski definition) is 1. The molecule has 0 spiro atoms. The van der Waals surface area contributed by atoms with Crippen LogP contribution in [0.15, 0.2) is 40.9 Å². The highest BCUT2D eigenvalue weighted by atomic mass is 79.9. The second-order valence-corrected chi connectivity index (χ2v) is 5.46. The van der Waals surface area contributed by atoms with Gasteiger partial charge in [-0.25, -0.2) is 4.39 Å². The van der Waals surface area contributed by atoms with Gasteiger partial charge in [0.2, 0.25) is 0 Å². The van der Waals surface area contributed by atoms with Crippen LogP contribution < -0.4 is 5.73 Å². The van der Waals surface area contributed by atoms with Crippen LogP contribution in [0.2, 0.25) is 10.0 Å². The quantitative estimate of drug-likeness (QED) is 0.816. The summed E-state index contributed by atoms with van der Waals surface area (Å²) in [5.74, 6) is -0.337. The van der Waals surface area contributed by atoms with E-state index in [1.54, 1.807) is 30.3 Å². The van der Waals surface area contributed by atoms with Crippen molar-refractivity contribution in [2.45, 2.75) is 6.04 Å². The van der Waals surface area contributed by atoms with E-state index >= 15 is 0 Å². The van der Waals surface area contributed by atoms with Crippen molar-refractivity contribution >= 4 is 39.1 Å². The predicted molar refractivity (Wildman–Crippen MR) is 76.6 cm³/mol. The van der Waals surface area contributed by atoms with E-state index in [4.69, 9.17) is 28.9 Å². The molecule has 2 aromatic carbocycles. The Morgan fingerprint density at radius 1 is 1.11 bits per heavy atom. The second kappa shape index (κ2) is 5.57. The first-order chi connectivity index (χ1) is 8.50. The average Bonchev–Trinajstić information content (AvgIpc) is 2.32. The van der Waals surface area contributed by atoms with Crippen LogP contribution in [0.25, 0.3) is 0 Å². The molecule has 0 aromatic heterocycles. The molecule has 1 nitrogen and oxygen atoms in total. The summed E-state index contributed by atoms with van der Waals surface area (Å²) in [5.41, 5.74) is 7.50. The highest BCUT2D eigenvalue weighted by Gasteiger charge is 2.16. The molecule has 1 unspecified atom stereocenters. The molecular weight excluding hydrogens is 340 g/mol. The summed E-state index contributed by atoms with van der Waals surface area (Å²) in [6, 6.07) is 9.29. The molecule has 0 saturated carbocycles. The van der Waals surface area contributed by atoms with Crippen molar-refractivity contribution in [1.82, 2.24) is 0 Å².